The molecule has 0 unspecified atom stereocenters. The molecule has 20 heavy (non-hydrogen) atoms. The molecule has 0 aliphatic carbocycles. The summed E-state index contributed by atoms with van der Waals surface area (Å²) in [7, 11) is -3.17. The first-order valence-electron chi connectivity index (χ1n) is 5.56. The van der Waals surface area contributed by atoms with Crippen LogP contribution in [0, 0.1) is 0 Å². The fourth-order valence-corrected chi connectivity index (χ4v) is 2.58. The van der Waals surface area contributed by atoms with Crippen LogP contribution in [0.25, 0.3) is 0 Å². The first kappa shape index (κ1) is 16.5. The number of carbonyl (C=O) groups is 1. The Morgan fingerprint density at radius 3 is 2.55 bits per heavy atom. The number of rotatable bonds is 6. The lowest BCUT2D eigenvalue weighted by Crippen LogP contribution is -2.47. The van der Waals surface area contributed by atoms with E-state index >= 15 is 0 Å². The van der Waals surface area contributed by atoms with Gasteiger partial charge in [0.05, 0.1) is 4.90 Å². The van der Waals surface area contributed by atoms with Gasteiger partial charge in [-0.1, -0.05) is 6.07 Å². The molecule has 0 spiro atoms. The van der Waals surface area contributed by atoms with E-state index in [0.29, 0.717) is 7.69 Å². The van der Waals surface area contributed by atoms with Gasteiger partial charge in [0.15, 0.2) is 9.84 Å². The van der Waals surface area contributed by atoms with Crippen molar-refractivity contribution in [3.05, 3.63) is 23.8 Å². The van der Waals surface area contributed by atoms with Crippen molar-refractivity contribution in [1.29, 1.82) is 0 Å². The lowest BCUT2D eigenvalue weighted by molar-refractivity contribution is -0.142. The quantitative estimate of drug-likeness (QED) is 0.595. The van der Waals surface area contributed by atoms with Gasteiger partial charge in [-0.05, 0) is 24.6 Å². The van der Waals surface area contributed by atoms with Gasteiger partial charge in [-0.3, -0.25) is 4.79 Å². The van der Waals surface area contributed by atoms with Crippen molar-refractivity contribution in [2.24, 2.45) is 5.73 Å². The molecule has 109 valence electrons. The first-order valence-corrected chi connectivity index (χ1v) is 7.45. The normalized spacial score (nSPS) is 14.4. The molecule has 1 radical (unpaired) electrons. The molecular weight excluding hydrogens is 285 g/mol. The second kappa shape index (κ2) is 5.82. The zero-order valence-electron chi connectivity index (χ0n) is 11.0. The van der Waals surface area contributed by atoms with E-state index in [-0.39, 0.29) is 22.6 Å². The number of hydrogen-bond acceptors (Lipinski definition) is 6. The van der Waals surface area contributed by atoms with Gasteiger partial charge in [-0.15, -0.1) is 0 Å². The number of nitrogens with two attached hydrogens (primary N) is 1. The molecule has 0 aliphatic heterocycles. The Hall–Kier alpha value is -1.58. The molecule has 0 bridgehead atoms. The predicted molar refractivity (Wildman–Crippen MR) is 72.1 cm³/mol. The van der Waals surface area contributed by atoms with Crippen LogP contribution in [0.15, 0.2) is 23.1 Å². The molecule has 0 heterocycles. The van der Waals surface area contributed by atoms with Crippen LogP contribution in [0.3, 0.4) is 0 Å². The first-order chi connectivity index (χ1) is 9.08. The summed E-state index contributed by atoms with van der Waals surface area (Å²) in [5.74, 6) is -1.12. The van der Waals surface area contributed by atoms with Crippen molar-refractivity contribution in [3.63, 3.8) is 0 Å². The fourth-order valence-electron chi connectivity index (χ4n) is 1.63. The molecular formula is C11H15BNO6S. The monoisotopic (exact) mass is 300 g/mol. The smallest absolute Gasteiger partial charge is 0.537 e. The number of benzene rings is 1. The summed E-state index contributed by atoms with van der Waals surface area (Å²) in [5.41, 5.74) is 4.31. The van der Waals surface area contributed by atoms with E-state index in [4.69, 9.17) is 20.5 Å². The maximum absolute atomic E-state index is 11.7. The summed E-state index contributed by atoms with van der Waals surface area (Å²) in [6.07, 6.45) is 0.834. The average Bonchev–Trinajstić information content (AvgIpc) is 2.29. The topological polar surface area (TPSA) is 127 Å². The van der Waals surface area contributed by atoms with Crippen molar-refractivity contribution in [2.45, 2.75) is 23.8 Å². The summed E-state index contributed by atoms with van der Waals surface area (Å²) in [5, 5.41) is 17.5. The van der Waals surface area contributed by atoms with E-state index in [1.54, 1.807) is 0 Å². The lowest BCUT2D eigenvalue weighted by Gasteiger charge is -2.21. The Morgan fingerprint density at radius 2 is 2.10 bits per heavy atom. The van der Waals surface area contributed by atoms with E-state index in [0.717, 1.165) is 6.26 Å². The highest BCUT2D eigenvalue weighted by Crippen LogP contribution is 2.25. The molecule has 1 aromatic rings. The van der Waals surface area contributed by atoms with Gasteiger partial charge in [-0.2, -0.15) is 0 Å². The Kier molecular flexibility index (Phi) is 4.79. The third kappa shape index (κ3) is 3.96. The third-order valence-corrected chi connectivity index (χ3v) is 3.85. The summed E-state index contributed by atoms with van der Waals surface area (Å²) in [4.78, 5) is 10.9. The molecule has 0 saturated heterocycles. The van der Waals surface area contributed by atoms with Crippen LogP contribution in [0.1, 0.15) is 12.5 Å². The van der Waals surface area contributed by atoms with Gasteiger partial charge >= 0.3 is 13.7 Å². The molecule has 0 amide bonds. The SMILES string of the molecule is C[C@](N)(Cc1ccc(O[B]O)cc1S(C)(=O)=O)C(=O)O. The van der Waals surface area contributed by atoms with Crippen LogP contribution in [0.2, 0.25) is 0 Å². The molecule has 1 rings (SSSR count). The van der Waals surface area contributed by atoms with Crippen molar-refractivity contribution in [2.75, 3.05) is 6.26 Å². The minimum atomic E-state index is -3.60. The Morgan fingerprint density at radius 1 is 1.50 bits per heavy atom. The van der Waals surface area contributed by atoms with Crippen LogP contribution < -0.4 is 10.4 Å². The van der Waals surface area contributed by atoms with Gasteiger partial charge in [0, 0.05) is 12.7 Å². The predicted octanol–water partition coefficient (Wildman–Crippen LogP) is -0.660. The number of carboxylic acid groups (broad SMARTS) is 1. The van der Waals surface area contributed by atoms with Crippen LogP contribution in [-0.2, 0) is 21.1 Å². The number of sulfone groups is 1. The lowest BCUT2D eigenvalue weighted by atomic mass is 9.94. The minimum absolute atomic E-state index is 0.0882. The van der Waals surface area contributed by atoms with Crippen molar-refractivity contribution in [3.8, 4) is 5.75 Å². The van der Waals surface area contributed by atoms with Crippen LogP contribution in [-0.4, -0.2) is 44.0 Å². The van der Waals surface area contributed by atoms with E-state index in [1.807, 2.05) is 0 Å². The molecule has 7 nitrogen and oxygen atoms in total. The second-order valence-corrected chi connectivity index (χ2v) is 6.65. The van der Waals surface area contributed by atoms with Crippen molar-refractivity contribution < 1.29 is 28.0 Å². The maximum atomic E-state index is 11.7. The Balaban J connectivity index is 3.30. The highest BCUT2D eigenvalue weighted by atomic mass is 32.2. The summed E-state index contributed by atoms with van der Waals surface area (Å²) < 4.78 is 28.2. The molecule has 0 aliphatic rings. The largest absolute Gasteiger partial charge is 0.569 e. The summed E-state index contributed by atoms with van der Waals surface area (Å²) in [6, 6.07) is 4.02. The number of hydrogen-bond donors (Lipinski definition) is 3. The number of aliphatic carboxylic acids is 1. The molecule has 0 aromatic heterocycles. The van der Waals surface area contributed by atoms with Crippen LogP contribution in [0.4, 0.5) is 0 Å². The van der Waals surface area contributed by atoms with Crippen LogP contribution >= 0.6 is 0 Å². The highest BCUT2D eigenvalue weighted by molar-refractivity contribution is 7.90. The third-order valence-electron chi connectivity index (χ3n) is 2.67. The summed E-state index contributed by atoms with van der Waals surface area (Å²) in [6.45, 7) is 1.30. The second-order valence-electron chi connectivity index (χ2n) is 4.66. The molecule has 9 heteroatoms. The van der Waals surface area contributed by atoms with Crippen molar-refractivity contribution in [1.82, 2.24) is 0 Å². The maximum Gasteiger partial charge on any atom is 0.569 e. The van der Waals surface area contributed by atoms with Crippen LogP contribution in [0.5, 0.6) is 5.75 Å². The highest BCUT2D eigenvalue weighted by Gasteiger charge is 2.30. The molecule has 1 atom stereocenters. The van der Waals surface area contributed by atoms with E-state index < -0.39 is 21.3 Å². The van der Waals surface area contributed by atoms with Gasteiger partial charge in [-0.25, -0.2) is 8.42 Å². The Bertz CT molecular complexity index is 613. The molecule has 0 saturated carbocycles. The van der Waals surface area contributed by atoms with E-state index in [1.165, 1.54) is 25.1 Å². The fraction of sp³-hybridized carbons (Fsp3) is 0.364. The van der Waals surface area contributed by atoms with Gasteiger partial charge in [0.2, 0.25) is 0 Å². The zero-order valence-corrected chi connectivity index (χ0v) is 11.8. The number of carboxylic acids is 1. The molecule has 4 N–H and O–H groups in total. The average molecular weight is 300 g/mol. The molecule has 0 fully saturated rings. The van der Waals surface area contributed by atoms with Gasteiger partial charge in [0.25, 0.3) is 0 Å². The van der Waals surface area contributed by atoms with Crippen molar-refractivity contribution >= 4 is 23.5 Å². The van der Waals surface area contributed by atoms with E-state index in [9.17, 15) is 13.2 Å². The zero-order chi connectivity index (χ0) is 15.6. The van der Waals surface area contributed by atoms with E-state index in [2.05, 4.69) is 0 Å². The molecule has 1 aromatic carbocycles. The summed E-state index contributed by atoms with van der Waals surface area (Å²) >= 11 is 0. The van der Waals surface area contributed by atoms with Gasteiger partial charge < -0.3 is 20.5 Å². The van der Waals surface area contributed by atoms with Gasteiger partial charge in [0.1, 0.15) is 11.3 Å². The standard InChI is InChI=1S/C11H15BNO6S/c1-11(13,10(14)15)6-7-3-4-8(19-12-16)5-9(7)20(2,17)18/h3-5,16H,6,13H2,1-2H3,(H,14,15)/t11-/m0/s1. The Labute approximate surface area is 117 Å². The minimum Gasteiger partial charge on any atom is -0.537 e.